The summed E-state index contributed by atoms with van der Waals surface area (Å²) >= 11 is 0. The molecule has 0 saturated carbocycles. The van der Waals surface area contributed by atoms with Crippen LogP contribution in [0.2, 0.25) is 0 Å². The summed E-state index contributed by atoms with van der Waals surface area (Å²) in [5.74, 6) is -0.943. The van der Waals surface area contributed by atoms with E-state index in [-0.39, 0.29) is 31.7 Å². The van der Waals surface area contributed by atoms with E-state index in [1.807, 2.05) is 31.2 Å². The van der Waals surface area contributed by atoms with Crippen molar-refractivity contribution in [2.45, 2.75) is 68.7 Å². The number of amides is 2. The second-order valence-electron chi connectivity index (χ2n) is 9.36. The number of nitrogens with two attached hydrogens (primary N) is 1. The minimum absolute atomic E-state index is 0.0118. The second kappa shape index (κ2) is 12.7. The van der Waals surface area contributed by atoms with E-state index in [0.29, 0.717) is 31.9 Å². The maximum atomic E-state index is 13.4. The summed E-state index contributed by atoms with van der Waals surface area (Å²) in [5.41, 5.74) is 6.28. The van der Waals surface area contributed by atoms with Gasteiger partial charge in [-0.2, -0.15) is 17.5 Å². The van der Waals surface area contributed by atoms with E-state index in [4.69, 9.17) is 5.73 Å². The first kappa shape index (κ1) is 29.6. The average Bonchev–Trinajstić information content (AvgIpc) is 2.88. The lowest BCUT2D eigenvalue weighted by atomic mass is 10.0. The molecule has 2 amide bonds. The van der Waals surface area contributed by atoms with Crippen molar-refractivity contribution in [1.29, 1.82) is 0 Å². The lowest BCUT2D eigenvalue weighted by molar-refractivity contribution is -0.137. The van der Waals surface area contributed by atoms with Crippen LogP contribution in [-0.4, -0.2) is 49.8 Å². The highest BCUT2D eigenvalue weighted by molar-refractivity contribution is 7.89. The van der Waals surface area contributed by atoms with Crippen LogP contribution < -0.4 is 16.4 Å². The van der Waals surface area contributed by atoms with Crippen LogP contribution in [0.15, 0.2) is 53.4 Å². The molecule has 8 nitrogen and oxygen atoms in total. The molecule has 208 valence electrons. The van der Waals surface area contributed by atoms with Crippen LogP contribution in [0.3, 0.4) is 0 Å². The molecule has 1 heterocycles. The Hall–Kier alpha value is -2.96. The summed E-state index contributed by atoms with van der Waals surface area (Å²) < 4.78 is 67.4. The molecule has 1 unspecified atom stereocenters. The molecule has 2 aromatic carbocycles. The van der Waals surface area contributed by atoms with Gasteiger partial charge in [0.1, 0.15) is 12.2 Å². The van der Waals surface area contributed by atoms with Gasteiger partial charge in [0.05, 0.1) is 10.5 Å². The monoisotopic (exact) mass is 554 g/mol. The molecule has 1 aliphatic rings. The molecule has 1 fully saturated rings. The van der Waals surface area contributed by atoms with Crippen molar-refractivity contribution in [3.8, 4) is 0 Å². The Labute approximate surface area is 220 Å². The summed E-state index contributed by atoms with van der Waals surface area (Å²) in [5, 5.41) is 5.53. The number of piperidine rings is 1. The molecule has 12 heteroatoms. The van der Waals surface area contributed by atoms with Crippen molar-refractivity contribution in [2.24, 2.45) is 5.73 Å². The molecule has 0 aromatic heterocycles. The van der Waals surface area contributed by atoms with Crippen LogP contribution in [-0.2, 0) is 32.2 Å². The molecule has 0 aliphatic carbocycles. The molecule has 2 aromatic rings. The van der Waals surface area contributed by atoms with Crippen LogP contribution in [0.4, 0.5) is 13.2 Å². The van der Waals surface area contributed by atoms with Crippen LogP contribution >= 0.6 is 0 Å². The van der Waals surface area contributed by atoms with E-state index in [2.05, 4.69) is 10.6 Å². The number of hydrogen-bond acceptors (Lipinski definition) is 5. The molecule has 1 saturated heterocycles. The number of rotatable bonds is 10. The number of sulfonamides is 1. The standard InChI is InChI=1S/C26H33F3N4O4S/c1-18-10-12-19(13-11-18)16-23(31-24(34)9-5-14-30)32-25(35)22-8-2-3-15-33(22)38(36,37)21-7-4-6-20(17-21)26(27,28)29/h4,6-7,10-13,17,22-23H,2-3,5,8-9,14-16,30H2,1H3,(H,31,34)(H,32,35)/t22?,23-/m0/s1. The van der Waals surface area contributed by atoms with Crippen molar-refractivity contribution in [3.63, 3.8) is 0 Å². The third-order valence-corrected chi connectivity index (χ3v) is 8.25. The number of benzene rings is 2. The number of halogens is 3. The molecule has 0 bridgehead atoms. The molecular weight excluding hydrogens is 521 g/mol. The van der Waals surface area contributed by atoms with E-state index in [0.717, 1.165) is 33.6 Å². The van der Waals surface area contributed by atoms with Gasteiger partial charge in [-0.1, -0.05) is 42.3 Å². The van der Waals surface area contributed by atoms with Gasteiger partial charge in [0.25, 0.3) is 0 Å². The molecule has 3 rings (SSSR count). The number of alkyl halides is 3. The second-order valence-corrected chi connectivity index (χ2v) is 11.3. The summed E-state index contributed by atoms with van der Waals surface area (Å²) in [4.78, 5) is 25.3. The largest absolute Gasteiger partial charge is 0.416 e. The van der Waals surface area contributed by atoms with E-state index < -0.39 is 44.8 Å². The molecule has 0 radical (unpaired) electrons. The maximum Gasteiger partial charge on any atom is 0.416 e. The number of aryl methyl sites for hydroxylation is 1. The highest BCUT2D eigenvalue weighted by Crippen LogP contribution is 2.32. The highest BCUT2D eigenvalue weighted by Gasteiger charge is 2.39. The van der Waals surface area contributed by atoms with E-state index >= 15 is 0 Å². The Morgan fingerprint density at radius 3 is 2.47 bits per heavy atom. The molecule has 4 N–H and O–H groups in total. The summed E-state index contributed by atoms with van der Waals surface area (Å²) in [6.45, 7) is 2.25. The van der Waals surface area contributed by atoms with Crippen molar-refractivity contribution >= 4 is 21.8 Å². The minimum atomic E-state index is -4.71. The van der Waals surface area contributed by atoms with Crippen molar-refractivity contribution in [3.05, 3.63) is 65.2 Å². The fraction of sp³-hybridized carbons (Fsp3) is 0.462. The van der Waals surface area contributed by atoms with Crippen molar-refractivity contribution in [1.82, 2.24) is 14.9 Å². The third-order valence-electron chi connectivity index (χ3n) is 6.34. The van der Waals surface area contributed by atoms with Gasteiger partial charge in [-0.3, -0.25) is 9.59 Å². The van der Waals surface area contributed by atoms with E-state index in [1.54, 1.807) is 0 Å². The lowest BCUT2D eigenvalue weighted by Crippen LogP contribution is -2.57. The number of carbonyl (C=O) groups excluding carboxylic acids is 2. The number of hydrogen-bond donors (Lipinski definition) is 3. The molecule has 1 aliphatic heterocycles. The van der Waals surface area contributed by atoms with Gasteiger partial charge in [0.2, 0.25) is 21.8 Å². The number of nitrogens with zero attached hydrogens (tertiary/aromatic N) is 1. The Bertz CT molecular complexity index is 1220. The quantitative estimate of drug-likeness (QED) is 0.390. The van der Waals surface area contributed by atoms with Gasteiger partial charge in [0, 0.05) is 19.4 Å². The Balaban J connectivity index is 1.83. The zero-order valence-electron chi connectivity index (χ0n) is 21.1. The van der Waals surface area contributed by atoms with Gasteiger partial charge in [0.15, 0.2) is 0 Å². The topological polar surface area (TPSA) is 122 Å². The highest BCUT2D eigenvalue weighted by atomic mass is 32.2. The predicted octanol–water partition coefficient (Wildman–Crippen LogP) is 3.10. The molecule has 0 spiro atoms. The lowest BCUT2D eigenvalue weighted by Gasteiger charge is -2.35. The number of carbonyl (C=O) groups is 2. The van der Waals surface area contributed by atoms with E-state index in [9.17, 15) is 31.2 Å². The summed E-state index contributed by atoms with van der Waals surface area (Å²) in [6.07, 6.45) is -3.43. The van der Waals surface area contributed by atoms with Crippen molar-refractivity contribution < 1.29 is 31.2 Å². The summed E-state index contributed by atoms with van der Waals surface area (Å²) in [7, 11) is -4.40. The first-order valence-electron chi connectivity index (χ1n) is 12.5. The molecular formula is C26H33F3N4O4S. The van der Waals surface area contributed by atoms with E-state index in [1.165, 1.54) is 0 Å². The van der Waals surface area contributed by atoms with Crippen LogP contribution in [0.25, 0.3) is 0 Å². The van der Waals surface area contributed by atoms with Crippen LogP contribution in [0, 0.1) is 6.92 Å². The van der Waals surface area contributed by atoms with Gasteiger partial charge in [-0.15, -0.1) is 0 Å². The Morgan fingerprint density at radius 1 is 1.11 bits per heavy atom. The Morgan fingerprint density at radius 2 is 1.82 bits per heavy atom. The van der Waals surface area contributed by atoms with Gasteiger partial charge in [-0.05, 0) is 56.5 Å². The van der Waals surface area contributed by atoms with Crippen LogP contribution in [0.5, 0.6) is 0 Å². The smallest absolute Gasteiger partial charge is 0.336 e. The van der Waals surface area contributed by atoms with Crippen molar-refractivity contribution in [2.75, 3.05) is 13.1 Å². The van der Waals surface area contributed by atoms with Crippen LogP contribution in [0.1, 0.15) is 48.8 Å². The fourth-order valence-corrected chi connectivity index (χ4v) is 6.02. The average molecular weight is 555 g/mol. The molecule has 2 atom stereocenters. The first-order chi connectivity index (χ1) is 17.9. The molecule has 38 heavy (non-hydrogen) atoms. The number of nitrogens with one attached hydrogen (secondary N) is 2. The summed E-state index contributed by atoms with van der Waals surface area (Å²) in [6, 6.07) is 9.89. The zero-order valence-corrected chi connectivity index (χ0v) is 21.9. The predicted molar refractivity (Wildman–Crippen MR) is 136 cm³/mol. The first-order valence-corrected chi connectivity index (χ1v) is 13.9. The Kier molecular flexibility index (Phi) is 9.91. The van der Waals surface area contributed by atoms with Gasteiger partial charge >= 0.3 is 6.18 Å². The minimum Gasteiger partial charge on any atom is -0.336 e. The van der Waals surface area contributed by atoms with Gasteiger partial charge < -0.3 is 16.4 Å². The SMILES string of the molecule is Cc1ccc(C[C@@H](NC(=O)CCCN)NC(=O)C2CCCCN2S(=O)(=O)c2cccc(C(F)(F)F)c2)cc1. The maximum absolute atomic E-state index is 13.4. The fourth-order valence-electron chi connectivity index (χ4n) is 4.32. The zero-order chi connectivity index (χ0) is 27.9. The normalized spacial score (nSPS) is 17.6. The third kappa shape index (κ3) is 7.78. The van der Waals surface area contributed by atoms with Gasteiger partial charge in [-0.25, -0.2) is 8.42 Å².